The fourth-order valence-corrected chi connectivity index (χ4v) is 2.91. The third-order valence-electron chi connectivity index (χ3n) is 4.34. The van der Waals surface area contributed by atoms with E-state index in [4.69, 9.17) is 14.2 Å². The number of methoxy groups -OCH3 is 1. The van der Waals surface area contributed by atoms with E-state index in [1.54, 1.807) is 7.11 Å². The van der Waals surface area contributed by atoms with Gasteiger partial charge in [0.2, 0.25) is 0 Å². The molecule has 0 spiro atoms. The first-order valence-electron chi connectivity index (χ1n) is 9.49. The molecule has 0 aliphatic rings. The maximum absolute atomic E-state index is 6.04. The Morgan fingerprint density at radius 1 is 0.750 bits per heavy atom. The second-order valence-electron chi connectivity index (χ2n) is 6.41. The molecule has 28 heavy (non-hydrogen) atoms. The SMILES string of the molecule is COCOc1ccccc1C=CCCc1ccccc1OCc1ccccc1. The zero-order valence-corrected chi connectivity index (χ0v) is 16.2. The van der Waals surface area contributed by atoms with Crippen molar-refractivity contribution in [3.05, 3.63) is 102 Å². The van der Waals surface area contributed by atoms with E-state index in [-0.39, 0.29) is 6.79 Å². The van der Waals surface area contributed by atoms with Crippen molar-refractivity contribution in [3.8, 4) is 11.5 Å². The Bertz CT molecular complexity index is 872. The number of aryl methyl sites for hydroxylation is 1. The van der Waals surface area contributed by atoms with Gasteiger partial charge in [-0.3, -0.25) is 0 Å². The molecule has 0 aliphatic carbocycles. The molecule has 0 aromatic heterocycles. The van der Waals surface area contributed by atoms with Gasteiger partial charge in [0.1, 0.15) is 18.1 Å². The second-order valence-corrected chi connectivity index (χ2v) is 6.41. The summed E-state index contributed by atoms with van der Waals surface area (Å²) in [6.45, 7) is 0.828. The number of para-hydroxylation sites is 2. The standard InChI is InChI=1S/C25H26O3/c1-26-20-28-25-18-10-8-16-23(25)14-6-5-13-22-15-7-9-17-24(22)27-19-21-11-3-2-4-12-21/h2-4,6-12,14-18H,5,13,19-20H2,1H3. The highest BCUT2D eigenvalue weighted by Gasteiger charge is 2.03. The molecule has 0 heterocycles. The molecule has 3 aromatic carbocycles. The molecule has 0 bridgehead atoms. The highest BCUT2D eigenvalue weighted by Crippen LogP contribution is 2.23. The molecule has 3 rings (SSSR count). The van der Waals surface area contributed by atoms with Gasteiger partial charge in [0.05, 0.1) is 0 Å². The molecular weight excluding hydrogens is 348 g/mol. The second kappa shape index (κ2) is 11.0. The molecule has 0 unspecified atom stereocenters. The third-order valence-corrected chi connectivity index (χ3v) is 4.34. The van der Waals surface area contributed by atoms with Crippen molar-refractivity contribution in [2.45, 2.75) is 19.4 Å². The van der Waals surface area contributed by atoms with Crippen LogP contribution in [0.4, 0.5) is 0 Å². The van der Waals surface area contributed by atoms with Crippen molar-refractivity contribution in [2.75, 3.05) is 13.9 Å². The van der Waals surface area contributed by atoms with Gasteiger partial charge in [0.25, 0.3) is 0 Å². The van der Waals surface area contributed by atoms with Gasteiger partial charge in [-0.15, -0.1) is 0 Å². The van der Waals surface area contributed by atoms with Crippen LogP contribution in [0, 0.1) is 0 Å². The molecule has 0 fully saturated rings. The number of rotatable bonds is 10. The van der Waals surface area contributed by atoms with Crippen LogP contribution in [0.3, 0.4) is 0 Å². The Morgan fingerprint density at radius 3 is 2.29 bits per heavy atom. The van der Waals surface area contributed by atoms with E-state index in [0.29, 0.717) is 6.61 Å². The lowest BCUT2D eigenvalue weighted by Crippen LogP contribution is -2.00. The summed E-state index contributed by atoms with van der Waals surface area (Å²) in [4.78, 5) is 0. The lowest BCUT2D eigenvalue weighted by atomic mass is 10.1. The highest BCUT2D eigenvalue weighted by molar-refractivity contribution is 5.57. The minimum absolute atomic E-state index is 0.247. The van der Waals surface area contributed by atoms with Crippen LogP contribution < -0.4 is 9.47 Å². The maximum atomic E-state index is 6.04. The molecular formula is C25H26O3. The van der Waals surface area contributed by atoms with Crippen LogP contribution in [0.2, 0.25) is 0 Å². The minimum atomic E-state index is 0.247. The Labute approximate surface area is 167 Å². The summed E-state index contributed by atoms with van der Waals surface area (Å²) in [7, 11) is 1.62. The summed E-state index contributed by atoms with van der Waals surface area (Å²) >= 11 is 0. The van der Waals surface area contributed by atoms with E-state index in [2.05, 4.69) is 36.4 Å². The zero-order valence-electron chi connectivity index (χ0n) is 16.2. The smallest absolute Gasteiger partial charge is 0.188 e. The molecule has 3 aromatic rings. The Morgan fingerprint density at radius 2 is 1.46 bits per heavy atom. The Balaban J connectivity index is 1.57. The molecule has 0 radical (unpaired) electrons. The van der Waals surface area contributed by atoms with E-state index < -0.39 is 0 Å². The minimum Gasteiger partial charge on any atom is -0.489 e. The maximum Gasteiger partial charge on any atom is 0.188 e. The summed E-state index contributed by atoms with van der Waals surface area (Å²) in [5.41, 5.74) is 3.44. The van der Waals surface area contributed by atoms with Crippen molar-refractivity contribution in [3.63, 3.8) is 0 Å². The first-order chi connectivity index (χ1) is 13.9. The van der Waals surface area contributed by atoms with Gasteiger partial charge < -0.3 is 14.2 Å². The van der Waals surface area contributed by atoms with Gasteiger partial charge in [-0.25, -0.2) is 0 Å². The predicted octanol–water partition coefficient (Wildman–Crippen LogP) is 5.89. The van der Waals surface area contributed by atoms with Gasteiger partial charge in [-0.2, -0.15) is 0 Å². The first kappa shape index (κ1) is 19.7. The molecule has 0 amide bonds. The van der Waals surface area contributed by atoms with Crippen LogP contribution in [0.1, 0.15) is 23.1 Å². The lowest BCUT2D eigenvalue weighted by Gasteiger charge is -2.11. The first-order valence-corrected chi connectivity index (χ1v) is 9.49. The highest BCUT2D eigenvalue weighted by atomic mass is 16.7. The van der Waals surface area contributed by atoms with E-state index in [9.17, 15) is 0 Å². The topological polar surface area (TPSA) is 27.7 Å². The fraction of sp³-hybridized carbons (Fsp3) is 0.200. The van der Waals surface area contributed by atoms with E-state index in [0.717, 1.165) is 29.9 Å². The normalized spacial score (nSPS) is 10.9. The Kier molecular flexibility index (Phi) is 7.71. The summed E-state index contributed by atoms with van der Waals surface area (Å²) in [5.74, 6) is 1.77. The summed E-state index contributed by atoms with van der Waals surface area (Å²) in [5, 5.41) is 0. The van der Waals surface area contributed by atoms with Crippen LogP contribution in [-0.4, -0.2) is 13.9 Å². The van der Waals surface area contributed by atoms with Crippen molar-refractivity contribution >= 4 is 6.08 Å². The number of hydrogen-bond acceptors (Lipinski definition) is 3. The number of benzene rings is 3. The van der Waals surface area contributed by atoms with Crippen LogP contribution in [0.15, 0.2) is 84.9 Å². The number of allylic oxidation sites excluding steroid dienone is 1. The molecule has 3 heteroatoms. The summed E-state index contributed by atoms with van der Waals surface area (Å²) < 4.78 is 16.6. The van der Waals surface area contributed by atoms with Gasteiger partial charge >= 0.3 is 0 Å². The van der Waals surface area contributed by atoms with Crippen molar-refractivity contribution in [1.29, 1.82) is 0 Å². The van der Waals surface area contributed by atoms with Crippen LogP contribution in [0.25, 0.3) is 6.08 Å². The zero-order chi connectivity index (χ0) is 19.4. The van der Waals surface area contributed by atoms with Crippen molar-refractivity contribution in [2.24, 2.45) is 0 Å². The molecule has 0 aliphatic heterocycles. The molecule has 3 nitrogen and oxygen atoms in total. The molecule has 0 atom stereocenters. The van der Waals surface area contributed by atoms with Crippen molar-refractivity contribution in [1.82, 2.24) is 0 Å². The quantitative estimate of drug-likeness (QED) is 0.414. The van der Waals surface area contributed by atoms with E-state index in [1.165, 1.54) is 11.1 Å². The van der Waals surface area contributed by atoms with Gasteiger partial charge in [-0.05, 0) is 36.1 Å². The summed E-state index contributed by atoms with van der Waals surface area (Å²) in [6.07, 6.45) is 6.11. The Hall–Kier alpha value is -3.04. The van der Waals surface area contributed by atoms with Crippen LogP contribution in [-0.2, 0) is 17.8 Å². The lowest BCUT2D eigenvalue weighted by molar-refractivity contribution is 0.0510. The van der Waals surface area contributed by atoms with Gasteiger partial charge in [0.15, 0.2) is 6.79 Å². The summed E-state index contributed by atoms with van der Waals surface area (Å²) in [6, 6.07) is 26.4. The average molecular weight is 374 g/mol. The number of hydrogen-bond donors (Lipinski definition) is 0. The van der Waals surface area contributed by atoms with Crippen LogP contribution in [0.5, 0.6) is 11.5 Å². The largest absolute Gasteiger partial charge is 0.489 e. The van der Waals surface area contributed by atoms with E-state index >= 15 is 0 Å². The monoisotopic (exact) mass is 374 g/mol. The van der Waals surface area contributed by atoms with Gasteiger partial charge in [0, 0.05) is 12.7 Å². The molecule has 0 saturated carbocycles. The van der Waals surface area contributed by atoms with Crippen molar-refractivity contribution < 1.29 is 14.2 Å². The van der Waals surface area contributed by atoms with E-state index in [1.807, 2.05) is 54.6 Å². The molecule has 0 saturated heterocycles. The average Bonchev–Trinajstić information content (AvgIpc) is 2.76. The predicted molar refractivity (Wildman–Crippen MR) is 114 cm³/mol. The van der Waals surface area contributed by atoms with Gasteiger partial charge in [-0.1, -0.05) is 78.9 Å². The molecule has 0 N–H and O–H groups in total. The fourth-order valence-electron chi connectivity index (χ4n) is 2.91. The molecule has 144 valence electrons. The van der Waals surface area contributed by atoms with Crippen LogP contribution >= 0.6 is 0 Å². The third kappa shape index (κ3) is 6.00. The number of ether oxygens (including phenoxy) is 3.